The van der Waals surface area contributed by atoms with E-state index in [0.29, 0.717) is 48.4 Å². The quantitative estimate of drug-likeness (QED) is 0.413. The van der Waals surface area contributed by atoms with Crippen LogP contribution in [0, 0.1) is 0 Å². The number of pyridine rings is 2. The molecule has 4 aromatic rings. The average Bonchev–Trinajstić information content (AvgIpc) is 2.87. The summed E-state index contributed by atoms with van der Waals surface area (Å²) in [6.07, 6.45) is 1.65. The van der Waals surface area contributed by atoms with Crippen LogP contribution in [0.4, 0.5) is 5.69 Å². The van der Waals surface area contributed by atoms with E-state index in [1.165, 1.54) is 0 Å². The third kappa shape index (κ3) is 4.39. The van der Waals surface area contributed by atoms with Crippen LogP contribution in [0.3, 0.4) is 0 Å². The molecule has 5 rings (SSSR count). The maximum atomic E-state index is 13.5. The molecule has 0 aliphatic carbocycles. The van der Waals surface area contributed by atoms with Gasteiger partial charge in [0, 0.05) is 42.8 Å². The van der Waals surface area contributed by atoms with Gasteiger partial charge in [-0.15, -0.1) is 0 Å². The number of amides is 1. The zero-order chi connectivity index (χ0) is 23.7. The summed E-state index contributed by atoms with van der Waals surface area (Å²) in [4.78, 5) is 35.3. The van der Waals surface area contributed by atoms with Crippen molar-refractivity contribution in [3.8, 4) is 0 Å². The van der Waals surface area contributed by atoms with Gasteiger partial charge in [0.15, 0.2) is 0 Å². The lowest BCUT2D eigenvalue weighted by Crippen LogP contribution is -2.50. The highest BCUT2D eigenvalue weighted by Gasteiger charge is 2.26. The second kappa shape index (κ2) is 9.49. The Morgan fingerprint density at radius 2 is 1.65 bits per heavy atom. The number of benzene rings is 2. The molecule has 3 heterocycles. The topological polar surface area (TPSA) is 58.4 Å². The lowest BCUT2D eigenvalue weighted by atomic mass is 10.1. The number of carbonyl (C=O) groups excluding carboxylic acids is 1. The minimum atomic E-state index is -0.348. The molecule has 172 valence electrons. The van der Waals surface area contributed by atoms with Gasteiger partial charge in [-0.05, 0) is 48.0 Å². The Kier molecular flexibility index (Phi) is 6.26. The van der Waals surface area contributed by atoms with E-state index < -0.39 is 0 Å². The Morgan fingerprint density at radius 1 is 0.912 bits per heavy atom. The first-order chi connectivity index (χ1) is 16.5. The summed E-state index contributed by atoms with van der Waals surface area (Å²) in [6, 6.07) is 20.3. The van der Waals surface area contributed by atoms with E-state index in [0.717, 1.165) is 16.6 Å². The number of para-hydroxylation sites is 1. The lowest BCUT2D eigenvalue weighted by molar-refractivity contribution is 0.0744. The van der Waals surface area contributed by atoms with Crippen molar-refractivity contribution in [2.45, 2.75) is 6.54 Å². The predicted molar refractivity (Wildman–Crippen MR) is 136 cm³/mol. The van der Waals surface area contributed by atoms with Crippen LogP contribution >= 0.6 is 23.2 Å². The Hall–Kier alpha value is -3.35. The third-order valence-electron chi connectivity index (χ3n) is 6.09. The monoisotopic (exact) mass is 492 g/mol. The standard InChI is InChI=1S/C26H22Cl2N4O2/c27-20-9-7-18(8-10-20)17-32-24-19(4-3-11-29-24)16-21(26(32)34)25(33)31-14-12-30(13-15-31)23-6-2-1-5-22(23)28/h1-11,16H,12-15,17H2. The fraction of sp³-hybridized carbons (Fsp3) is 0.192. The van der Waals surface area contributed by atoms with E-state index in [1.807, 2.05) is 42.5 Å². The van der Waals surface area contributed by atoms with E-state index in [1.54, 1.807) is 39.9 Å². The molecule has 0 saturated carbocycles. The number of halogens is 2. The Bertz CT molecular complexity index is 1410. The fourth-order valence-corrected chi connectivity index (χ4v) is 4.69. The fourth-order valence-electron chi connectivity index (χ4n) is 4.31. The summed E-state index contributed by atoms with van der Waals surface area (Å²) in [5.41, 5.74) is 2.21. The number of rotatable bonds is 4. The number of aromatic nitrogens is 2. The van der Waals surface area contributed by atoms with Crippen molar-refractivity contribution in [2.75, 3.05) is 31.1 Å². The van der Waals surface area contributed by atoms with Gasteiger partial charge in [-0.25, -0.2) is 4.98 Å². The number of carbonyl (C=O) groups is 1. The van der Waals surface area contributed by atoms with Crippen molar-refractivity contribution in [1.82, 2.24) is 14.5 Å². The summed E-state index contributed by atoms with van der Waals surface area (Å²) < 4.78 is 1.56. The number of anilines is 1. The molecule has 0 spiro atoms. The maximum absolute atomic E-state index is 13.5. The van der Waals surface area contributed by atoms with Gasteiger partial charge in [0.2, 0.25) is 0 Å². The molecule has 34 heavy (non-hydrogen) atoms. The summed E-state index contributed by atoms with van der Waals surface area (Å²) in [5, 5.41) is 2.06. The number of fused-ring (bicyclic) bond motifs is 1. The molecule has 8 heteroatoms. The van der Waals surface area contributed by atoms with Gasteiger partial charge in [-0.1, -0.05) is 47.5 Å². The van der Waals surface area contributed by atoms with Crippen LogP contribution in [0.2, 0.25) is 10.0 Å². The Morgan fingerprint density at radius 3 is 2.38 bits per heavy atom. The van der Waals surface area contributed by atoms with Crippen molar-refractivity contribution in [1.29, 1.82) is 0 Å². The molecule has 2 aromatic carbocycles. The highest BCUT2D eigenvalue weighted by atomic mass is 35.5. The van der Waals surface area contributed by atoms with Crippen LogP contribution in [0.1, 0.15) is 15.9 Å². The zero-order valence-corrected chi connectivity index (χ0v) is 19.8. The van der Waals surface area contributed by atoms with Crippen molar-refractivity contribution in [2.24, 2.45) is 0 Å². The maximum Gasteiger partial charge on any atom is 0.265 e. The van der Waals surface area contributed by atoms with E-state index in [-0.39, 0.29) is 17.0 Å². The summed E-state index contributed by atoms with van der Waals surface area (Å²) in [7, 11) is 0. The summed E-state index contributed by atoms with van der Waals surface area (Å²) >= 11 is 12.4. The molecule has 1 fully saturated rings. The van der Waals surface area contributed by atoms with Crippen LogP contribution in [0.5, 0.6) is 0 Å². The van der Waals surface area contributed by atoms with E-state index >= 15 is 0 Å². The molecule has 1 aliphatic heterocycles. The van der Waals surface area contributed by atoms with Crippen LogP contribution in [-0.4, -0.2) is 46.5 Å². The van der Waals surface area contributed by atoms with Gasteiger partial charge < -0.3 is 9.80 Å². The van der Waals surface area contributed by atoms with Crippen molar-refractivity contribution < 1.29 is 4.79 Å². The van der Waals surface area contributed by atoms with Crippen LogP contribution in [-0.2, 0) is 6.54 Å². The van der Waals surface area contributed by atoms with E-state index in [2.05, 4.69) is 9.88 Å². The molecule has 0 N–H and O–H groups in total. The molecule has 0 unspecified atom stereocenters. The number of hydrogen-bond acceptors (Lipinski definition) is 4. The molecular formula is C26H22Cl2N4O2. The van der Waals surface area contributed by atoms with Gasteiger partial charge in [-0.2, -0.15) is 0 Å². The first-order valence-corrected chi connectivity index (χ1v) is 11.8. The highest BCUT2D eigenvalue weighted by Crippen LogP contribution is 2.26. The molecular weight excluding hydrogens is 471 g/mol. The number of piperazine rings is 1. The van der Waals surface area contributed by atoms with E-state index in [4.69, 9.17) is 23.2 Å². The lowest BCUT2D eigenvalue weighted by Gasteiger charge is -2.36. The van der Waals surface area contributed by atoms with Crippen LogP contribution in [0.25, 0.3) is 11.0 Å². The predicted octanol–water partition coefficient (Wildman–Crippen LogP) is 4.71. The van der Waals surface area contributed by atoms with Crippen LogP contribution < -0.4 is 10.5 Å². The second-order valence-electron chi connectivity index (χ2n) is 8.22. The molecule has 0 atom stereocenters. The number of hydrogen-bond donors (Lipinski definition) is 0. The van der Waals surface area contributed by atoms with E-state index in [9.17, 15) is 9.59 Å². The zero-order valence-electron chi connectivity index (χ0n) is 18.3. The molecule has 6 nitrogen and oxygen atoms in total. The average molecular weight is 493 g/mol. The van der Waals surface area contributed by atoms with Crippen LogP contribution in [0.15, 0.2) is 77.7 Å². The SMILES string of the molecule is O=C(c1cc2cccnc2n(Cc2ccc(Cl)cc2)c1=O)N1CCN(c2ccccc2Cl)CC1. The van der Waals surface area contributed by atoms with Crippen molar-refractivity contribution >= 4 is 45.8 Å². The smallest absolute Gasteiger partial charge is 0.265 e. The first-order valence-electron chi connectivity index (χ1n) is 11.0. The first kappa shape index (κ1) is 22.4. The van der Waals surface area contributed by atoms with Gasteiger partial charge in [-0.3, -0.25) is 14.2 Å². The highest BCUT2D eigenvalue weighted by molar-refractivity contribution is 6.33. The van der Waals surface area contributed by atoms with Crippen molar-refractivity contribution in [3.05, 3.63) is 104 Å². The Balaban J connectivity index is 1.44. The second-order valence-corrected chi connectivity index (χ2v) is 9.07. The van der Waals surface area contributed by atoms with Gasteiger partial charge in [0.05, 0.1) is 17.3 Å². The molecule has 1 saturated heterocycles. The normalized spacial score (nSPS) is 13.9. The Labute approximate surface area is 207 Å². The largest absolute Gasteiger partial charge is 0.367 e. The molecule has 0 bridgehead atoms. The summed E-state index contributed by atoms with van der Waals surface area (Å²) in [6.45, 7) is 2.59. The number of nitrogens with zero attached hydrogens (tertiary/aromatic N) is 4. The van der Waals surface area contributed by atoms with Gasteiger partial charge >= 0.3 is 0 Å². The minimum Gasteiger partial charge on any atom is -0.367 e. The molecule has 1 amide bonds. The van der Waals surface area contributed by atoms with Gasteiger partial charge in [0.1, 0.15) is 11.2 Å². The van der Waals surface area contributed by atoms with Gasteiger partial charge in [0.25, 0.3) is 11.5 Å². The minimum absolute atomic E-state index is 0.153. The molecule has 0 radical (unpaired) electrons. The summed E-state index contributed by atoms with van der Waals surface area (Å²) in [5.74, 6) is -0.264. The molecule has 2 aromatic heterocycles. The van der Waals surface area contributed by atoms with Crippen molar-refractivity contribution in [3.63, 3.8) is 0 Å². The third-order valence-corrected chi connectivity index (χ3v) is 6.66. The molecule has 1 aliphatic rings.